The molecule has 1 aromatic rings. The molecule has 5 heteroatoms. The molecule has 3 nitrogen and oxygen atoms in total. The third-order valence-electron chi connectivity index (χ3n) is 1.93. The van der Waals surface area contributed by atoms with Gasteiger partial charge in [-0.05, 0) is 26.0 Å². The van der Waals surface area contributed by atoms with Crippen molar-refractivity contribution < 1.29 is 4.79 Å². The van der Waals surface area contributed by atoms with E-state index < -0.39 is 5.41 Å². The molecule has 0 bridgehead atoms. The predicted molar refractivity (Wildman–Crippen MR) is 62.4 cm³/mol. The molecule has 0 saturated carbocycles. The molecule has 1 rings (SSSR count). The van der Waals surface area contributed by atoms with Crippen LogP contribution in [0.3, 0.4) is 0 Å². The van der Waals surface area contributed by atoms with Crippen LogP contribution in [0.15, 0.2) is 18.3 Å². The molecule has 0 atom stereocenters. The number of halogens is 2. The van der Waals surface area contributed by atoms with Gasteiger partial charge in [0.2, 0.25) is 5.91 Å². The molecule has 82 valence electrons. The van der Waals surface area contributed by atoms with Gasteiger partial charge in [0.1, 0.15) is 5.15 Å². The zero-order valence-electron chi connectivity index (χ0n) is 8.55. The summed E-state index contributed by atoms with van der Waals surface area (Å²) < 4.78 is 0. The average Bonchev–Trinajstić information content (AvgIpc) is 2.17. The van der Waals surface area contributed by atoms with Gasteiger partial charge in [-0.2, -0.15) is 0 Å². The van der Waals surface area contributed by atoms with E-state index in [9.17, 15) is 4.79 Å². The van der Waals surface area contributed by atoms with Gasteiger partial charge in [0, 0.05) is 17.8 Å². The molecule has 1 amide bonds. The lowest BCUT2D eigenvalue weighted by molar-refractivity contribution is -0.122. The number of nitrogens with one attached hydrogen (secondary N) is 1. The molecule has 0 spiro atoms. The van der Waals surface area contributed by atoms with E-state index in [1.165, 1.54) is 6.20 Å². The van der Waals surface area contributed by atoms with Crippen LogP contribution in [0.1, 0.15) is 13.8 Å². The molecule has 0 aliphatic heterocycles. The van der Waals surface area contributed by atoms with Crippen molar-refractivity contribution in [1.29, 1.82) is 0 Å². The van der Waals surface area contributed by atoms with Gasteiger partial charge in [-0.3, -0.25) is 4.79 Å². The summed E-state index contributed by atoms with van der Waals surface area (Å²) in [6.45, 7) is 3.55. The van der Waals surface area contributed by atoms with Crippen molar-refractivity contribution in [3.8, 4) is 0 Å². The van der Waals surface area contributed by atoms with E-state index in [4.69, 9.17) is 23.2 Å². The van der Waals surface area contributed by atoms with Crippen molar-refractivity contribution in [2.75, 3.05) is 11.2 Å². The lowest BCUT2D eigenvalue weighted by Crippen LogP contribution is -2.32. The Morgan fingerprint density at radius 3 is 2.80 bits per heavy atom. The maximum atomic E-state index is 11.7. The Bertz CT molecular complexity index is 366. The summed E-state index contributed by atoms with van der Waals surface area (Å²) in [5, 5.41) is 3.07. The number of anilines is 1. The summed E-state index contributed by atoms with van der Waals surface area (Å²) in [5.74, 6) is 0.122. The van der Waals surface area contributed by atoms with Crippen molar-refractivity contribution >= 4 is 34.8 Å². The first-order valence-electron chi connectivity index (χ1n) is 4.45. The standard InChI is InChI=1S/C10H12Cl2N2O/c1-10(2,6-11)9(15)14-7-3-4-13-8(12)5-7/h3-5H,6H2,1-2H3,(H,13,14,15). The molecule has 1 heterocycles. The number of pyridine rings is 1. The normalized spacial score (nSPS) is 11.2. The van der Waals surface area contributed by atoms with Crippen molar-refractivity contribution in [1.82, 2.24) is 4.98 Å². The van der Waals surface area contributed by atoms with E-state index >= 15 is 0 Å². The SMILES string of the molecule is CC(C)(CCl)C(=O)Nc1ccnc(Cl)c1. The number of rotatable bonds is 3. The van der Waals surface area contributed by atoms with Crippen LogP contribution in [0.2, 0.25) is 5.15 Å². The largest absolute Gasteiger partial charge is 0.325 e. The number of hydrogen-bond acceptors (Lipinski definition) is 2. The van der Waals surface area contributed by atoms with E-state index in [1.807, 2.05) is 0 Å². The molecule has 0 saturated heterocycles. The summed E-state index contributed by atoms with van der Waals surface area (Å²) >= 11 is 11.4. The Balaban J connectivity index is 2.75. The molecular weight excluding hydrogens is 235 g/mol. The first-order chi connectivity index (χ1) is 6.95. The number of alkyl halides is 1. The van der Waals surface area contributed by atoms with E-state index in [1.54, 1.807) is 26.0 Å². The van der Waals surface area contributed by atoms with E-state index in [2.05, 4.69) is 10.3 Å². The van der Waals surface area contributed by atoms with Crippen molar-refractivity contribution in [3.05, 3.63) is 23.5 Å². The molecule has 0 radical (unpaired) electrons. The Kier molecular flexibility index (Phi) is 3.94. The molecule has 1 N–H and O–H groups in total. The number of nitrogens with zero attached hydrogens (tertiary/aromatic N) is 1. The van der Waals surface area contributed by atoms with E-state index in [0.29, 0.717) is 10.8 Å². The Morgan fingerprint density at radius 1 is 1.60 bits per heavy atom. The number of carbonyl (C=O) groups is 1. The first-order valence-corrected chi connectivity index (χ1v) is 5.36. The summed E-state index contributed by atoms with van der Waals surface area (Å²) in [6.07, 6.45) is 1.53. The number of carbonyl (C=O) groups excluding carboxylic acids is 1. The van der Waals surface area contributed by atoms with Crippen LogP contribution in [0.5, 0.6) is 0 Å². The van der Waals surface area contributed by atoms with Gasteiger partial charge >= 0.3 is 0 Å². The van der Waals surface area contributed by atoms with Gasteiger partial charge in [0.05, 0.1) is 5.41 Å². The summed E-state index contributed by atoms with van der Waals surface area (Å²) in [7, 11) is 0. The van der Waals surface area contributed by atoms with Crippen molar-refractivity contribution in [2.45, 2.75) is 13.8 Å². The van der Waals surface area contributed by atoms with Crippen LogP contribution < -0.4 is 5.32 Å². The van der Waals surface area contributed by atoms with Crippen molar-refractivity contribution in [3.63, 3.8) is 0 Å². The second-order valence-electron chi connectivity index (χ2n) is 3.84. The highest BCUT2D eigenvalue weighted by Gasteiger charge is 2.26. The molecule has 0 aromatic carbocycles. The number of aromatic nitrogens is 1. The zero-order valence-corrected chi connectivity index (χ0v) is 10.1. The summed E-state index contributed by atoms with van der Waals surface area (Å²) in [4.78, 5) is 15.5. The highest BCUT2D eigenvalue weighted by atomic mass is 35.5. The Labute approximate surface area is 98.8 Å². The molecule has 0 unspecified atom stereocenters. The molecule has 0 fully saturated rings. The fourth-order valence-corrected chi connectivity index (χ4v) is 1.14. The van der Waals surface area contributed by atoms with Gasteiger partial charge in [-0.25, -0.2) is 4.98 Å². The highest BCUT2D eigenvalue weighted by Crippen LogP contribution is 2.20. The van der Waals surface area contributed by atoms with E-state index in [-0.39, 0.29) is 11.8 Å². The minimum absolute atomic E-state index is 0.139. The van der Waals surface area contributed by atoms with Gasteiger partial charge in [0.25, 0.3) is 0 Å². The van der Waals surface area contributed by atoms with Crippen LogP contribution in [0, 0.1) is 5.41 Å². The average molecular weight is 247 g/mol. The minimum atomic E-state index is -0.600. The third kappa shape index (κ3) is 3.36. The van der Waals surface area contributed by atoms with Gasteiger partial charge in [0.15, 0.2) is 0 Å². The van der Waals surface area contributed by atoms with Crippen LogP contribution in [0.25, 0.3) is 0 Å². The Hall–Kier alpha value is -0.800. The second kappa shape index (κ2) is 4.81. The second-order valence-corrected chi connectivity index (χ2v) is 4.49. The fraction of sp³-hybridized carbons (Fsp3) is 0.400. The monoisotopic (exact) mass is 246 g/mol. The number of hydrogen-bond donors (Lipinski definition) is 1. The van der Waals surface area contributed by atoms with Crippen LogP contribution in [-0.4, -0.2) is 16.8 Å². The lowest BCUT2D eigenvalue weighted by Gasteiger charge is -2.20. The van der Waals surface area contributed by atoms with Crippen LogP contribution in [-0.2, 0) is 4.79 Å². The highest BCUT2D eigenvalue weighted by molar-refractivity contribution is 6.29. The quantitative estimate of drug-likeness (QED) is 0.659. The number of amides is 1. The van der Waals surface area contributed by atoms with Crippen molar-refractivity contribution in [2.24, 2.45) is 5.41 Å². The smallest absolute Gasteiger partial charge is 0.231 e. The molecule has 1 aromatic heterocycles. The fourth-order valence-electron chi connectivity index (χ4n) is 0.841. The lowest BCUT2D eigenvalue weighted by atomic mass is 9.95. The van der Waals surface area contributed by atoms with Crippen LogP contribution in [0.4, 0.5) is 5.69 Å². The molecule has 15 heavy (non-hydrogen) atoms. The first kappa shape index (κ1) is 12.3. The van der Waals surface area contributed by atoms with Gasteiger partial charge < -0.3 is 5.32 Å². The molecule has 0 aliphatic rings. The summed E-state index contributed by atoms with van der Waals surface area (Å²) in [6, 6.07) is 3.26. The molecule has 0 aliphatic carbocycles. The van der Waals surface area contributed by atoms with E-state index in [0.717, 1.165) is 0 Å². The Morgan fingerprint density at radius 2 is 2.27 bits per heavy atom. The predicted octanol–water partition coefficient (Wildman–Crippen LogP) is 2.94. The maximum Gasteiger partial charge on any atom is 0.231 e. The maximum absolute atomic E-state index is 11.7. The topological polar surface area (TPSA) is 42.0 Å². The molecular formula is C10H12Cl2N2O. The summed E-state index contributed by atoms with van der Waals surface area (Å²) in [5.41, 5.74) is 0.0234. The minimum Gasteiger partial charge on any atom is -0.325 e. The van der Waals surface area contributed by atoms with Crippen LogP contribution >= 0.6 is 23.2 Å². The van der Waals surface area contributed by atoms with Gasteiger partial charge in [-0.15, -0.1) is 11.6 Å². The third-order valence-corrected chi connectivity index (χ3v) is 2.81. The van der Waals surface area contributed by atoms with Gasteiger partial charge in [-0.1, -0.05) is 11.6 Å². The zero-order chi connectivity index (χ0) is 11.5.